The summed E-state index contributed by atoms with van der Waals surface area (Å²) >= 11 is 10.8. The Morgan fingerprint density at radius 1 is 1.48 bits per heavy atom. The zero-order chi connectivity index (χ0) is 15.2. The van der Waals surface area contributed by atoms with Crippen molar-refractivity contribution in [3.05, 3.63) is 43.6 Å². The molecule has 0 aliphatic rings. The zero-order valence-electron chi connectivity index (χ0n) is 11.5. The summed E-state index contributed by atoms with van der Waals surface area (Å²) in [5, 5.41) is 5.99. The van der Waals surface area contributed by atoms with Gasteiger partial charge in [-0.1, -0.05) is 11.6 Å². The number of aromatic nitrogens is 1. The van der Waals surface area contributed by atoms with Crippen molar-refractivity contribution < 1.29 is 4.79 Å². The second kappa shape index (κ2) is 7.77. The molecule has 2 rings (SSSR count). The van der Waals surface area contributed by atoms with Crippen molar-refractivity contribution in [1.29, 1.82) is 0 Å². The minimum atomic E-state index is -0.137. The van der Waals surface area contributed by atoms with Crippen LogP contribution in [0.1, 0.15) is 22.2 Å². The van der Waals surface area contributed by atoms with E-state index in [2.05, 4.69) is 31.5 Å². The number of carbonyl (C=O) groups is 1. The Morgan fingerprint density at radius 3 is 2.95 bits per heavy atom. The van der Waals surface area contributed by atoms with Crippen molar-refractivity contribution in [2.24, 2.45) is 0 Å². The van der Waals surface area contributed by atoms with E-state index in [1.54, 1.807) is 12.3 Å². The maximum Gasteiger partial charge on any atom is 0.255 e. The van der Waals surface area contributed by atoms with E-state index < -0.39 is 0 Å². The third-order valence-electron chi connectivity index (χ3n) is 2.73. The van der Waals surface area contributed by atoms with Crippen LogP contribution >= 0.6 is 38.9 Å². The molecule has 0 spiro atoms. The first-order chi connectivity index (χ1) is 10.1. The Bertz CT molecular complexity index is 632. The number of carbonyl (C=O) groups excluding carboxylic acids is 1. The molecule has 0 saturated carbocycles. The lowest BCUT2D eigenvalue weighted by Gasteiger charge is -2.10. The van der Waals surface area contributed by atoms with Crippen LogP contribution in [0.4, 0.5) is 5.82 Å². The van der Waals surface area contributed by atoms with E-state index in [0.29, 0.717) is 24.5 Å². The number of thiophene rings is 1. The summed E-state index contributed by atoms with van der Waals surface area (Å²) in [6.07, 6.45) is 2.43. The molecule has 112 valence electrons. The van der Waals surface area contributed by atoms with Gasteiger partial charge in [0.15, 0.2) is 0 Å². The van der Waals surface area contributed by atoms with Crippen LogP contribution in [-0.2, 0) is 6.42 Å². The molecule has 0 aromatic carbocycles. The van der Waals surface area contributed by atoms with Gasteiger partial charge in [-0.3, -0.25) is 4.79 Å². The number of hydrogen-bond donors (Lipinski definition) is 2. The number of nitrogens with one attached hydrogen (secondary N) is 2. The third-order valence-corrected chi connectivity index (χ3v) is 4.45. The van der Waals surface area contributed by atoms with Crippen molar-refractivity contribution in [2.45, 2.75) is 13.3 Å². The first kappa shape index (κ1) is 16.3. The molecule has 0 aliphatic carbocycles. The topological polar surface area (TPSA) is 54.0 Å². The molecule has 2 aromatic rings. The number of pyridine rings is 1. The van der Waals surface area contributed by atoms with E-state index in [9.17, 15) is 4.79 Å². The maximum absolute atomic E-state index is 12.3. The summed E-state index contributed by atoms with van der Waals surface area (Å²) < 4.78 is 1.54. The molecule has 0 fully saturated rings. The van der Waals surface area contributed by atoms with Gasteiger partial charge in [0.05, 0.1) is 9.90 Å². The molecule has 0 unspecified atom stereocenters. The Morgan fingerprint density at radius 2 is 2.29 bits per heavy atom. The number of amides is 1. The van der Waals surface area contributed by atoms with Crippen LogP contribution in [0, 0.1) is 0 Å². The summed E-state index contributed by atoms with van der Waals surface area (Å²) in [7, 11) is 0. The fraction of sp³-hybridized carbons (Fsp3) is 0.286. The lowest BCUT2D eigenvalue weighted by Crippen LogP contribution is -2.26. The van der Waals surface area contributed by atoms with Crippen LogP contribution in [0.3, 0.4) is 0 Å². The summed E-state index contributed by atoms with van der Waals surface area (Å²) in [6.45, 7) is 3.24. The molecule has 21 heavy (non-hydrogen) atoms. The van der Waals surface area contributed by atoms with Crippen LogP contribution in [0.15, 0.2) is 28.9 Å². The molecule has 0 aliphatic heterocycles. The first-order valence-electron chi connectivity index (χ1n) is 6.52. The standard InChI is InChI=1S/C14H15BrClN3OS/c1-2-17-13-11(7-9(15)8-19-13)14(20)18-6-5-10-3-4-12(16)21-10/h3-4,7-8H,2,5-6H2,1H3,(H,17,19)(H,18,20). The van der Waals surface area contributed by atoms with E-state index in [4.69, 9.17) is 11.6 Å². The second-order valence-corrected chi connectivity index (χ2v) is 7.01. The fourth-order valence-electron chi connectivity index (χ4n) is 1.80. The minimum Gasteiger partial charge on any atom is -0.370 e. The van der Waals surface area contributed by atoms with Gasteiger partial charge in [-0.2, -0.15) is 0 Å². The summed E-state index contributed by atoms with van der Waals surface area (Å²) in [5.74, 6) is 0.458. The Hall–Kier alpha value is -1.11. The van der Waals surface area contributed by atoms with Gasteiger partial charge in [-0.15, -0.1) is 11.3 Å². The zero-order valence-corrected chi connectivity index (χ0v) is 14.6. The number of anilines is 1. The van der Waals surface area contributed by atoms with Crippen LogP contribution < -0.4 is 10.6 Å². The predicted octanol–water partition coefficient (Wildman–Crippen LogP) is 3.96. The largest absolute Gasteiger partial charge is 0.370 e. The van der Waals surface area contributed by atoms with Gasteiger partial charge in [0.1, 0.15) is 5.82 Å². The predicted molar refractivity (Wildman–Crippen MR) is 91.5 cm³/mol. The molecule has 0 radical (unpaired) electrons. The molecule has 1 amide bonds. The smallest absolute Gasteiger partial charge is 0.255 e. The second-order valence-electron chi connectivity index (χ2n) is 4.29. The lowest BCUT2D eigenvalue weighted by molar-refractivity contribution is 0.0954. The van der Waals surface area contributed by atoms with Gasteiger partial charge < -0.3 is 10.6 Å². The van der Waals surface area contributed by atoms with Crippen LogP contribution in [0.5, 0.6) is 0 Å². The Balaban J connectivity index is 1.97. The average molecular weight is 389 g/mol. The molecule has 4 nitrogen and oxygen atoms in total. The average Bonchev–Trinajstić information content (AvgIpc) is 2.86. The molecule has 2 N–H and O–H groups in total. The highest BCUT2D eigenvalue weighted by molar-refractivity contribution is 9.10. The van der Waals surface area contributed by atoms with Crippen molar-refractivity contribution in [3.63, 3.8) is 0 Å². The molecule has 0 saturated heterocycles. The molecule has 0 atom stereocenters. The summed E-state index contributed by atoms with van der Waals surface area (Å²) in [5.41, 5.74) is 0.537. The molecule has 2 heterocycles. The number of rotatable bonds is 6. The maximum atomic E-state index is 12.3. The van der Waals surface area contributed by atoms with Gasteiger partial charge in [0.2, 0.25) is 0 Å². The van der Waals surface area contributed by atoms with Crippen LogP contribution in [0.2, 0.25) is 4.34 Å². The minimum absolute atomic E-state index is 0.137. The van der Waals surface area contributed by atoms with Crippen molar-refractivity contribution >= 4 is 50.6 Å². The van der Waals surface area contributed by atoms with Crippen LogP contribution in [0.25, 0.3) is 0 Å². The molecule has 0 bridgehead atoms. The fourth-order valence-corrected chi connectivity index (χ4v) is 3.22. The highest BCUT2D eigenvalue weighted by atomic mass is 79.9. The third kappa shape index (κ3) is 4.69. The first-order valence-corrected chi connectivity index (χ1v) is 8.50. The van der Waals surface area contributed by atoms with Gasteiger partial charge in [-0.05, 0) is 47.5 Å². The SMILES string of the molecule is CCNc1ncc(Br)cc1C(=O)NCCc1ccc(Cl)s1. The molecule has 7 heteroatoms. The summed E-state index contributed by atoms with van der Waals surface area (Å²) in [4.78, 5) is 17.6. The van der Waals surface area contributed by atoms with Crippen molar-refractivity contribution in [3.8, 4) is 0 Å². The van der Waals surface area contributed by atoms with E-state index in [0.717, 1.165) is 20.1 Å². The monoisotopic (exact) mass is 387 g/mol. The van der Waals surface area contributed by atoms with E-state index in [-0.39, 0.29) is 5.91 Å². The number of hydrogen-bond acceptors (Lipinski definition) is 4. The van der Waals surface area contributed by atoms with E-state index in [1.165, 1.54) is 11.3 Å². The van der Waals surface area contributed by atoms with Gasteiger partial charge in [0, 0.05) is 28.6 Å². The van der Waals surface area contributed by atoms with Gasteiger partial charge in [0.25, 0.3) is 5.91 Å². The molecule has 2 aromatic heterocycles. The normalized spacial score (nSPS) is 10.4. The van der Waals surface area contributed by atoms with Crippen molar-refractivity contribution in [2.75, 3.05) is 18.4 Å². The lowest BCUT2D eigenvalue weighted by atomic mass is 10.2. The van der Waals surface area contributed by atoms with E-state index in [1.807, 2.05) is 19.1 Å². The Labute approximate surface area is 141 Å². The van der Waals surface area contributed by atoms with Crippen LogP contribution in [-0.4, -0.2) is 24.0 Å². The highest BCUT2D eigenvalue weighted by Gasteiger charge is 2.12. The number of nitrogens with zero attached hydrogens (tertiary/aromatic N) is 1. The quantitative estimate of drug-likeness (QED) is 0.787. The molecular weight excluding hydrogens is 374 g/mol. The molecular formula is C14H15BrClN3OS. The van der Waals surface area contributed by atoms with Gasteiger partial charge in [-0.25, -0.2) is 4.98 Å². The Kier molecular flexibility index (Phi) is 6.02. The number of halogens is 2. The van der Waals surface area contributed by atoms with E-state index >= 15 is 0 Å². The highest BCUT2D eigenvalue weighted by Crippen LogP contribution is 2.21. The summed E-state index contributed by atoms with van der Waals surface area (Å²) in [6, 6.07) is 5.61. The van der Waals surface area contributed by atoms with Crippen molar-refractivity contribution in [1.82, 2.24) is 10.3 Å². The van der Waals surface area contributed by atoms with Gasteiger partial charge >= 0.3 is 0 Å².